The molecule has 0 saturated heterocycles. The summed E-state index contributed by atoms with van der Waals surface area (Å²) in [6.45, 7) is 0. The second kappa shape index (κ2) is 4.68. The molecule has 3 aromatic rings. The minimum absolute atomic E-state index is 0.0211. The van der Waals surface area contributed by atoms with Crippen LogP contribution in [-0.2, 0) is 0 Å². The Hall–Kier alpha value is -2.27. The van der Waals surface area contributed by atoms with E-state index in [9.17, 15) is 13.6 Å². The van der Waals surface area contributed by atoms with Gasteiger partial charge in [0.2, 0.25) is 0 Å². The van der Waals surface area contributed by atoms with E-state index in [0.717, 1.165) is 6.33 Å². The number of H-pyrrole nitrogens is 1. The summed E-state index contributed by atoms with van der Waals surface area (Å²) in [6, 6.07) is 6.74. The number of benzene rings is 2. The molecule has 0 aliphatic carbocycles. The van der Waals surface area contributed by atoms with Gasteiger partial charge in [-0.2, -0.15) is 0 Å². The van der Waals surface area contributed by atoms with Crippen LogP contribution in [0.4, 0.5) is 8.78 Å². The zero-order valence-corrected chi connectivity index (χ0v) is 10.7. The predicted octanol–water partition coefficient (Wildman–Crippen LogP) is 3.52. The molecule has 0 amide bonds. The molecule has 6 heteroatoms. The first kappa shape index (κ1) is 12.7. The van der Waals surface area contributed by atoms with Crippen molar-refractivity contribution in [1.29, 1.82) is 0 Å². The van der Waals surface area contributed by atoms with Gasteiger partial charge in [0.1, 0.15) is 17.2 Å². The van der Waals surface area contributed by atoms with Gasteiger partial charge in [-0.05, 0) is 29.3 Å². The number of hydrogen-bond donors (Lipinski definition) is 1. The summed E-state index contributed by atoms with van der Waals surface area (Å²) in [5, 5.41) is 0.0569. The number of aromatic amines is 1. The van der Waals surface area contributed by atoms with Gasteiger partial charge < -0.3 is 4.98 Å². The van der Waals surface area contributed by atoms with E-state index in [1.807, 2.05) is 0 Å². The van der Waals surface area contributed by atoms with Gasteiger partial charge in [0.05, 0.1) is 16.7 Å². The maximum Gasteiger partial charge on any atom is 0.259 e. The van der Waals surface area contributed by atoms with Crippen LogP contribution in [0.2, 0.25) is 5.02 Å². The summed E-state index contributed by atoms with van der Waals surface area (Å²) >= 11 is 5.63. The molecule has 1 heterocycles. The Kier molecular flexibility index (Phi) is 2.99. The first-order valence-corrected chi connectivity index (χ1v) is 6.07. The van der Waals surface area contributed by atoms with Gasteiger partial charge in [-0.3, -0.25) is 4.79 Å². The Morgan fingerprint density at radius 3 is 2.65 bits per heavy atom. The number of halogens is 3. The largest absolute Gasteiger partial charge is 0.313 e. The fourth-order valence-corrected chi connectivity index (χ4v) is 2.17. The Morgan fingerprint density at radius 1 is 1.10 bits per heavy atom. The molecular weight excluding hydrogens is 286 g/mol. The van der Waals surface area contributed by atoms with Crippen LogP contribution in [0.3, 0.4) is 0 Å². The number of rotatable bonds is 1. The molecule has 1 N–H and O–H groups in total. The van der Waals surface area contributed by atoms with Gasteiger partial charge in [-0.25, -0.2) is 13.8 Å². The van der Waals surface area contributed by atoms with Gasteiger partial charge in [0.15, 0.2) is 0 Å². The lowest BCUT2D eigenvalue weighted by atomic mass is 10.0. The molecule has 0 saturated carbocycles. The van der Waals surface area contributed by atoms with Gasteiger partial charge in [0.25, 0.3) is 5.56 Å². The molecule has 1 aromatic heterocycles. The molecular formula is C14H7ClF2N2O. The fourth-order valence-electron chi connectivity index (χ4n) is 2.05. The first-order valence-electron chi connectivity index (χ1n) is 5.69. The van der Waals surface area contributed by atoms with Crippen LogP contribution in [0.25, 0.3) is 22.0 Å². The third-order valence-electron chi connectivity index (χ3n) is 2.98. The highest BCUT2D eigenvalue weighted by molar-refractivity contribution is 6.30. The topological polar surface area (TPSA) is 45.8 Å². The molecule has 0 atom stereocenters. The predicted molar refractivity (Wildman–Crippen MR) is 72.7 cm³/mol. The highest BCUT2D eigenvalue weighted by Gasteiger charge is 2.13. The number of hydrogen-bond acceptors (Lipinski definition) is 2. The fraction of sp³-hybridized carbons (Fsp3) is 0. The zero-order chi connectivity index (χ0) is 14.3. The lowest BCUT2D eigenvalue weighted by Gasteiger charge is -2.07. The van der Waals surface area contributed by atoms with Crippen molar-refractivity contribution in [2.24, 2.45) is 0 Å². The van der Waals surface area contributed by atoms with E-state index in [4.69, 9.17) is 11.6 Å². The van der Waals surface area contributed by atoms with Crippen LogP contribution in [0.5, 0.6) is 0 Å². The number of aromatic nitrogens is 2. The van der Waals surface area contributed by atoms with E-state index in [1.165, 1.54) is 24.3 Å². The Morgan fingerprint density at radius 2 is 1.90 bits per heavy atom. The van der Waals surface area contributed by atoms with Crippen LogP contribution in [0.1, 0.15) is 0 Å². The molecule has 0 fully saturated rings. The van der Waals surface area contributed by atoms with Crippen LogP contribution in [0, 0.1) is 11.6 Å². The molecule has 0 bridgehead atoms. The second-order valence-corrected chi connectivity index (χ2v) is 4.59. The second-order valence-electron chi connectivity index (χ2n) is 4.18. The number of nitrogens with zero attached hydrogens (tertiary/aromatic N) is 1. The van der Waals surface area contributed by atoms with E-state index >= 15 is 0 Å². The maximum absolute atomic E-state index is 13.7. The van der Waals surface area contributed by atoms with Gasteiger partial charge in [0, 0.05) is 0 Å². The first-order chi connectivity index (χ1) is 9.58. The lowest BCUT2D eigenvalue weighted by Crippen LogP contribution is -2.08. The molecule has 0 unspecified atom stereocenters. The minimum atomic E-state index is -0.609. The van der Waals surface area contributed by atoms with Crippen molar-refractivity contribution in [2.45, 2.75) is 0 Å². The van der Waals surface area contributed by atoms with Crippen molar-refractivity contribution in [3.8, 4) is 11.1 Å². The third-order valence-corrected chi connectivity index (χ3v) is 3.28. The highest BCUT2D eigenvalue weighted by atomic mass is 35.5. The van der Waals surface area contributed by atoms with E-state index < -0.39 is 17.2 Å². The van der Waals surface area contributed by atoms with Crippen LogP contribution < -0.4 is 5.56 Å². The summed E-state index contributed by atoms with van der Waals surface area (Å²) in [4.78, 5) is 18.1. The molecule has 0 aliphatic heterocycles. The lowest BCUT2D eigenvalue weighted by molar-refractivity contribution is 0.629. The van der Waals surface area contributed by atoms with Gasteiger partial charge in [-0.15, -0.1) is 0 Å². The van der Waals surface area contributed by atoms with Crippen molar-refractivity contribution in [3.63, 3.8) is 0 Å². The molecule has 100 valence electrons. The zero-order valence-electron chi connectivity index (χ0n) is 9.95. The van der Waals surface area contributed by atoms with Crippen LogP contribution >= 0.6 is 11.6 Å². The van der Waals surface area contributed by atoms with Crippen molar-refractivity contribution >= 4 is 22.5 Å². The van der Waals surface area contributed by atoms with Crippen molar-refractivity contribution < 1.29 is 8.78 Å². The summed E-state index contributed by atoms with van der Waals surface area (Å²) in [7, 11) is 0. The quantitative estimate of drug-likeness (QED) is 0.746. The van der Waals surface area contributed by atoms with Crippen molar-refractivity contribution in [3.05, 3.63) is 63.7 Å². The Balaban J connectivity index is 2.40. The van der Waals surface area contributed by atoms with Crippen LogP contribution in [0.15, 0.2) is 41.5 Å². The number of nitrogens with one attached hydrogen (secondary N) is 1. The van der Waals surface area contributed by atoms with Crippen molar-refractivity contribution in [2.75, 3.05) is 0 Å². The molecule has 2 aromatic carbocycles. The van der Waals surface area contributed by atoms with Gasteiger partial charge in [-0.1, -0.05) is 23.7 Å². The SMILES string of the molecule is O=c1[nH]cnc2c(F)ccc(-c3ccc(Cl)c(F)c3)c12. The maximum atomic E-state index is 13.7. The average Bonchev–Trinajstić information content (AvgIpc) is 2.43. The third kappa shape index (κ3) is 1.96. The molecule has 0 radical (unpaired) electrons. The monoisotopic (exact) mass is 292 g/mol. The average molecular weight is 293 g/mol. The molecule has 0 spiro atoms. The van der Waals surface area contributed by atoms with Crippen LogP contribution in [-0.4, -0.2) is 9.97 Å². The van der Waals surface area contributed by atoms with E-state index in [2.05, 4.69) is 9.97 Å². The molecule has 3 rings (SSSR count). The Labute approximate surface area is 116 Å². The summed E-state index contributed by atoms with van der Waals surface area (Å²) in [5.74, 6) is -1.22. The summed E-state index contributed by atoms with van der Waals surface area (Å²) in [5.41, 5.74) is 0.281. The summed E-state index contributed by atoms with van der Waals surface area (Å²) in [6.07, 6.45) is 1.12. The van der Waals surface area contributed by atoms with Crippen molar-refractivity contribution in [1.82, 2.24) is 9.97 Å². The van der Waals surface area contributed by atoms with E-state index in [0.29, 0.717) is 11.1 Å². The van der Waals surface area contributed by atoms with E-state index in [1.54, 1.807) is 6.07 Å². The molecule has 3 nitrogen and oxygen atoms in total. The van der Waals surface area contributed by atoms with E-state index in [-0.39, 0.29) is 15.9 Å². The number of fused-ring (bicyclic) bond motifs is 1. The minimum Gasteiger partial charge on any atom is -0.313 e. The molecule has 0 aliphatic rings. The Bertz CT molecular complexity index is 877. The highest BCUT2D eigenvalue weighted by Crippen LogP contribution is 2.29. The normalized spacial score (nSPS) is 10.9. The smallest absolute Gasteiger partial charge is 0.259 e. The molecule has 20 heavy (non-hydrogen) atoms. The standard InChI is InChI=1S/C14H7ClF2N2O/c15-9-3-1-7(5-11(9)17)8-2-4-10(16)13-12(8)14(20)19-6-18-13/h1-6H,(H,18,19,20). The van der Waals surface area contributed by atoms with Gasteiger partial charge >= 0.3 is 0 Å². The summed E-state index contributed by atoms with van der Waals surface area (Å²) < 4.78 is 27.2.